The average molecular weight is 266 g/mol. The van der Waals surface area contributed by atoms with Crippen molar-refractivity contribution in [2.24, 2.45) is 0 Å². The fourth-order valence-electron chi connectivity index (χ4n) is 2.09. The van der Waals surface area contributed by atoms with Gasteiger partial charge in [-0.2, -0.15) is 5.26 Å². The van der Waals surface area contributed by atoms with E-state index in [9.17, 15) is 0 Å². The van der Waals surface area contributed by atoms with Crippen molar-refractivity contribution in [3.8, 4) is 6.07 Å². The van der Waals surface area contributed by atoms with Gasteiger partial charge in [-0.15, -0.1) is 0 Å². The van der Waals surface area contributed by atoms with Gasteiger partial charge in [-0.1, -0.05) is 12.8 Å². The quantitative estimate of drug-likeness (QED) is 0.849. The van der Waals surface area contributed by atoms with Crippen molar-refractivity contribution in [3.63, 3.8) is 0 Å². The van der Waals surface area contributed by atoms with Crippen molar-refractivity contribution >= 4 is 21.7 Å². The van der Waals surface area contributed by atoms with E-state index in [-0.39, 0.29) is 0 Å². The third-order valence-corrected chi connectivity index (χ3v) is 3.53. The van der Waals surface area contributed by atoms with Gasteiger partial charge in [0.05, 0.1) is 11.3 Å². The lowest BCUT2D eigenvalue weighted by molar-refractivity contribution is 0.694. The Morgan fingerprint density at radius 1 is 1.47 bits per heavy atom. The lowest BCUT2D eigenvalue weighted by Crippen LogP contribution is -2.03. The molecule has 1 fully saturated rings. The zero-order valence-corrected chi connectivity index (χ0v) is 9.92. The zero-order valence-electron chi connectivity index (χ0n) is 8.33. The minimum atomic E-state index is 0.350. The van der Waals surface area contributed by atoms with Crippen molar-refractivity contribution in [3.05, 3.63) is 21.8 Å². The summed E-state index contributed by atoms with van der Waals surface area (Å²) < 4.78 is 0.917. The second kappa shape index (κ2) is 4.19. The first kappa shape index (κ1) is 10.4. The number of rotatable bonds is 1. The first-order valence-corrected chi connectivity index (χ1v) is 5.87. The number of hydrogen-bond acceptors (Lipinski definition) is 3. The van der Waals surface area contributed by atoms with E-state index in [4.69, 9.17) is 11.0 Å². The maximum absolute atomic E-state index is 8.81. The molecule has 0 atom stereocenters. The average Bonchev–Trinajstić information content (AvgIpc) is 2.74. The summed E-state index contributed by atoms with van der Waals surface area (Å²) in [6.07, 6.45) is 4.88. The van der Waals surface area contributed by atoms with Crippen molar-refractivity contribution in [2.75, 3.05) is 5.73 Å². The predicted molar refractivity (Wildman–Crippen MR) is 62.3 cm³/mol. The molecule has 78 valence electrons. The molecule has 1 aliphatic rings. The summed E-state index contributed by atoms with van der Waals surface area (Å²) in [5, 5.41) is 8.81. The van der Waals surface area contributed by atoms with Crippen LogP contribution in [0.3, 0.4) is 0 Å². The van der Waals surface area contributed by atoms with Crippen LogP contribution in [-0.2, 0) is 0 Å². The summed E-state index contributed by atoms with van der Waals surface area (Å²) in [4.78, 5) is 4.33. The molecule has 3 nitrogen and oxygen atoms in total. The van der Waals surface area contributed by atoms with Gasteiger partial charge in [-0.25, -0.2) is 4.98 Å². The maximum atomic E-state index is 8.81. The van der Waals surface area contributed by atoms with Crippen LogP contribution in [0.15, 0.2) is 10.5 Å². The Morgan fingerprint density at radius 2 is 2.13 bits per heavy atom. The zero-order chi connectivity index (χ0) is 10.8. The Labute approximate surface area is 97.4 Å². The van der Waals surface area contributed by atoms with Crippen LogP contribution in [0.2, 0.25) is 0 Å². The Hall–Kier alpha value is -1.08. The van der Waals surface area contributed by atoms with Gasteiger partial charge < -0.3 is 5.73 Å². The smallest absolute Gasteiger partial charge is 0.141 e. The largest absolute Gasteiger partial charge is 0.383 e. The summed E-state index contributed by atoms with van der Waals surface area (Å²) in [5.74, 6) is 0.858. The Balaban J connectivity index is 2.40. The molecule has 0 aliphatic heterocycles. The van der Waals surface area contributed by atoms with Crippen LogP contribution in [0.25, 0.3) is 0 Å². The normalized spacial score (nSPS) is 16.5. The highest BCUT2D eigenvalue weighted by molar-refractivity contribution is 9.10. The number of aromatic nitrogens is 1. The summed E-state index contributed by atoms with van der Waals surface area (Å²) in [5.41, 5.74) is 7.18. The van der Waals surface area contributed by atoms with Crippen LogP contribution < -0.4 is 5.73 Å². The van der Waals surface area contributed by atoms with Gasteiger partial charge in [0, 0.05) is 10.4 Å². The van der Waals surface area contributed by atoms with Crippen molar-refractivity contribution in [1.82, 2.24) is 4.98 Å². The Kier molecular flexibility index (Phi) is 2.92. The minimum Gasteiger partial charge on any atom is -0.383 e. The lowest BCUT2D eigenvalue weighted by atomic mass is 10.0. The SMILES string of the molecule is N#Cc1cc(Br)c(C2CCCC2)nc1N. The lowest BCUT2D eigenvalue weighted by Gasteiger charge is -2.11. The number of nitrogens with zero attached hydrogens (tertiary/aromatic N) is 2. The van der Waals surface area contributed by atoms with Gasteiger partial charge in [-0.05, 0) is 34.8 Å². The maximum Gasteiger partial charge on any atom is 0.141 e. The third-order valence-electron chi connectivity index (χ3n) is 2.89. The van der Waals surface area contributed by atoms with E-state index in [0.29, 0.717) is 17.3 Å². The van der Waals surface area contributed by atoms with Crippen LogP contribution in [0.5, 0.6) is 0 Å². The van der Waals surface area contributed by atoms with E-state index in [0.717, 1.165) is 10.2 Å². The van der Waals surface area contributed by atoms with Crippen molar-refractivity contribution in [1.29, 1.82) is 5.26 Å². The standard InChI is InChI=1S/C11H12BrN3/c12-9-5-8(6-13)11(14)15-10(9)7-3-1-2-4-7/h5,7H,1-4H2,(H2,14,15). The second-order valence-corrected chi connectivity index (χ2v) is 4.74. The number of nitriles is 1. The predicted octanol–water partition coefficient (Wildman–Crippen LogP) is 2.96. The fourth-order valence-corrected chi connectivity index (χ4v) is 2.73. The van der Waals surface area contributed by atoms with Gasteiger partial charge >= 0.3 is 0 Å². The highest BCUT2D eigenvalue weighted by Gasteiger charge is 2.21. The third kappa shape index (κ3) is 1.98. The van der Waals surface area contributed by atoms with E-state index in [2.05, 4.69) is 20.9 Å². The number of nitrogens with two attached hydrogens (primary N) is 1. The Bertz CT molecular complexity index is 417. The molecule has 0 radical (unpaired) electrons. The number of pyridine rings is 1. The summed E-state index contributed by atoms with van der Waals surface area (Å²) >= 11 is 3.46. The van der Waals surface area contributed by atoms with Gasteiger partial charge in [0.1, 0.15) is 11.9 Å². The molecule has 0 amide bonds. The molecule has 15 heavy (non-hydrogen) atoms. The van der Waals surface area contributed by atoms with Gasteiger partial charge in [0.15, 0.2) is 0 Å². The molecule has 0 spiro atoms. The van der Waals surface area contributed by atoms with Gasteiger partial charge in [-0.3, -0.25) is 0 Å². The molecule has 0 aromatic carbocycles. The van der Waals surface area contributed by atoms with E-state index in [1.165, 1.54) is 25.7 Å². The first-order valence-electron chi connectivity index (χ1n) is 5.08. The molecule has 0 unspecified atom stereocenters. The molecule has 1 heterocycles. The van der Waals surface area contributed by atoms with Crippen LogP contribution in [-0.4, -0.2) is 4.98 Å². The summed E-state index contributed by atoms with van der Waals surface area (Å²) in [6.45, 7) is 0. The molecule has 1 aliphatic carbocycles. The first-order chi connectivity index (χ1) is 7.22. The Morgan fingerprint density at radius 3 is 2.73 bits per heavy atom. The molecule has 1 saturated carbocycles. The minimum absolute atomic E-state index is 0.350. The van der Waals surface area contributed by atoms with Gasteiger partial charge in [0.25, 0.3) is 0 Å². The van der Waals surface area contributed by atoms with Crippen LogP contribution >= 0.6 is 15.9 Å². The van der Waals surface area contributed by atoms with Gasteiger partial charge in [0.2, 0.25) is 0 Å². The monoisotopic (exact) mass is 265 g/mol. The number of halogens is 1. The van der Waals surface area contributed by atoms with Crippen LogP contribution in [0.4, 0.5) is 5.82 Å². The molecular weight excluding hydrogens is 254 g/mol. The molecule has 1 aromatic heterocycles. The van der Waals surface area contributed by atoms with E-state index in [1.54, 1.807) is 6.07 Å². The highest BCUT2D eigenvalue weighted by Crippen LogP contribution is 2.37. The van der Waals surface area contributed by atoms with Crippen molar-refractivity contribution in [2.45, 2.75) is 31.6 Å². The molecule has 0 bridgehead atoms. The van der Waals surface area contributed by atoms with E-state index >= 15 is 0 Å². The topological polar surface area (TPSA) is 62.7 Å². The number of nitrogen functional groups attached to an aromatic ring is 1. The molecule has 0 saturated heterocycles. The molecule has 2 rings (SSSR count). The summed E-state index contributed by atoms with van der Waals surface area (Å²) in [7, 11) is 0. The highest BCUT2D eigenvalue weighted by atomic mass is 79.9. The van der Waals surface area contributed by atoms with Crippen molar-refractivity contribution < 1.29 is 0 Å². The molecule has 1 aromatic rings. The van der Waals surface area contributed by atoms with E-state index < -0.39 is 0 Å². The van der Waals surface area contributed by atoms with Crippen LogP contribution in [0, 0.1) is 11.3 Å². The summed E-state index contributed by atoms with van der Waals surface area (Å²) in [6, 6.07) is 3.81. The van der Waals surface area contributed by atoms with E-state index in [1.807, 2.05) is 6.07 Å². The molecule has 4 heteroatoms. The number of anilines is 1. The van der Waals surface area contributed by atoms with Crippen LogP contribution in [0.1, 0.15) is 42.9 Å². The fraction of sp³-hybridized carbons (Fsp3) is 0.455. The number of hydrogen-bond donors (Lipinski definition) is 1. The molecular formula is C11H12BrN3. The second-order valence-electron chi connectivity index (χ2n) is 3.88. The molecule has 2 N–H and O–H groups in total.